The Morgan fingerprint density at radius 2 is 2.06 bits per heavy atom. The number of carbonyl (C=O) groups excluding carboxylic acids is 3. The van der Waals surface area contributed by atoms with E-state index in [4.69, 9.17) is 4.74 Å². The van der Waals surface area contributed by atoms with E-state index in [1.807, 2.05) is 25.1 Å². The third-order valence-corrected chi connectivity index (χ3v) is 6.21. The SMILES string of the molecule is CCOc1cccc2[nH]c(C(=O)NC(CC3CC3)C(=O)NC(C#N)CC3CCNC3=O)cc12. The van der Waals surface area contributed by atoms with Crippen molar-refractivity contribution in [2.45, 2.75) is 51.1 Å². The number of nitriles is 1. The normalized spacial score (nSPS) is 19.4. The summed E-state index contributed by atoms with van der Waals surface area (Å²) in [6, 6.07) is 7.82. The molecular weight excluding hydrogens is 422 g/mol. The molecule has 9 heteroatoms. The molecule has 4 rings (SSSR count). The van der Waals surface area contributed by atoms with Crippen LogP contribution in [0.1, 0.15) is 49.5 Å². The van der Waals surface area contributed by atoms with Gasteiger partial charge in [0.2, 0.25) is 11.8 Å². The molecular formula is C24H29N5O4. The number of aromatic nitrogens is 1. The van der Waals surface area contributed by atoms with Gasteiger partial charge in [0.25, 0.3) is 5.91 Å². The number of hydrogen-bond donors (Lipinski definition) is 4. The van der Waals surface area contributed by atoms with E-state index in [0.717, 1.165) is 23.7 Å². The minimum absolute atomic E-state index is 0.0856. The van der Waals surface area contributed by atoms with E-state index in [-0.39, 0.29) is 18.2 Å². The number of hydrogen-bond acceptors (Lipinski definition) is 5. The summed E-state index contributed by atoms with van der Waals surface area (Å²) in [5, 5.41) is 18.6. The highest BCUT2D eigenvalue weighted by Gasteiger charge is 2.33. The maximum absolute atomic E-state index is 13.0. The van der Waals surface area contributed by atoms with Gasteiger partial charge in [-0.25, -0.2) is 0 Å². The highest BCUT2D eigenvalue weighted by atomic mass is 16.5. The van der Waals surface area contributed by atoms with Crippen LogP contribution in [-0.2, 0) is 9.59 Å². The molecule has 9 nitrogen and oxygen atoms in total. The summed E-state index contributed by atoms with van der Waals surface area (Å²) in [5.74, 6) is -0.0841. The highest BCUT2D eigenvalue weighted by Crippen LogP contribution is 2.34. The van der Waals surface area contributed by atoms with Crippen LogP contribution in [-0.4, -0.2) is 47.9 Å². The predicted molar refractivity (Wildman–Crippen MR) is 121 cm³/mol. The number of fused-ring (bicyclic) bond motifs is 1. The molecule has 174 valence electrons. The Bertz CT molecular complexity index is 1080. The van der Waals surface area contributed by atoms with Crippen LogP contribution in [0.15, 0.2) is 24.3 Å². The standard InChI is InChI=1S/C24H29N5O4/c1-2-33-21-5-3-4-18-17(21)12-20(28-18)24(32)29-19(10-14-6-7-14)23(31)27-16(13-25)11-15-8-9-26-22(15)30/h3-5,12,14-16,19,28H,2,6-11H2,1H3,(H,26,30)(H,27,31)(H,29,32). The zero-order chi connectivity index (χ0) is 23.4. The van der Waals surface area contributed by atoms with Crippen molar-refractivity contribution < 1.29 is 19.1 Å². The first-order valence-electron chi connectivity index (χ1n) is 11.5. The number of benzene rings is 1. The molecule has 2 aliphatic rings. The Balaban J connectivity index is 1.44. The number of aromatic amines is 1. The van der Waals surface area contributed by atoms with E-state index in [1.165, 1.54) is 0 Å². The summed E-state index contributed by atoms with van der Waals surface area (Å²) in [5.41, 5.74) is 1.11. The van der Waals surface area contributed by atoms with Gasteiger partial charge in [0.1, 0.15) is 23.5 Å². The van der Waals surface area contributed by atoms with Crippen molar-refractivity contribution in [1.29, 1.82) is 5.26 Å². The summed E-state index contributed by atoms with van der Waals surface area (Å²) in [7, 11) is 0. The zero-order valence-corrected chi connectivity index (χ0v) is 18.6. The van der Waals surface area contributed by atoms with Crippen molar-refractivity contribution in [3.8, 4) is 11.8 Å². The minimum atomic E-state index is -0.785. The average molecular weight is 452 g/mol. The van der Waals surface area contributed by atoms with Crippen molar-refractivity contribution in [2.24, 2.45) is 11.8 Å². The van der Waals surface area contributed by atoms with E-state index >= 15 is 0 Å². The number of nitrogens with one attached hydrogen (secondary N) is 4. The topological polar surface area (TPSA) is 136 Å². The molecule has 0 bridgehead atoms. The van der Waals surface area contributed by atoms with Crippen molar-refractivity contribution in [1.82, 2.24) is 20.9 Å². The summed E-state index contributed by atoms with van der Waals surface area (Å²) < 4.78 is 5.64. The molecule has 1 aliphatic carbocycles. The molecule has 2 aromatic rings. The Morgan fingerprint density at radius 3 is 2.73 bits per heavy atom. The van der Waals surface area contributed by atoms with Gasteiger partial charge >= 0.3 is 0 Å². The van der Waals surface area contributed by atoms with Crippen LogP contribution in [0.2, 0.25) is 0 Å². The van der Waals surface area contributed by atoms with Gasteiger partial charge in [-0.15, -0.1) is 0 Å². The van der Waals surface area contributed by atoms with E-state index in [2.05, 4.69) is 27.0 Å². The van der Waals surface area contributed by atoms with Crippen LogP contribution in [0.3, 0.4) is 0 Å². The fourth-order valence-corrected chi connectivity index (χ4v) is 4.26. The molecule has 2 fully saturated rings. The van der Waals surface area contributed by atoms with Gasteiger partial charge in [-0.2, -0.15) is 5.26 Å². The molecule has 1 aliphatic heterocycles. The lowest BCUT2D eigenvalue weighted by molar-refractivity contribution is -0.125. The second kappa shape index (κ2) is 9.94. The molecule has 0 spiro atoms. The van der Waals surface area contributed by atoms with Gasteiger partial charge in [-0.05, 0) is 50.3 Å². The molecule has 0 radical (unpaired) electrons. The van der Waals surface area contributed by atoms with E-state index in [1.54, 1.807) is 6.07 Å². The summed E-state index contributed by atoms with van der Waals surface area (Å²) in [6.45, 7) is 3.00. The van der Waals surface area contributed by atoms with Crippen molar-refractivity contribution in [3.05, 3.63) is 30.0 Å². The molecule has 3 unspecified atom stereocenters. The first kappa shape index (κ1) is 22.6. The molecule has 33 heavy (non-hydrogen) atoms. The van der Waals surface area contributed by atoms with E-state index in [0.29, 0.717) is 43.4 Å². The number of ether oxygens (including phenoxy) is 1. The van der Waals surface area contributed by atoms with Gasteiger partial charge in [0, 0.05) is 23.4 Å². The maximum atomic E-state index is 13.0. The molecule has 1 saturated heterocycles. The second-order valence-electron chi connectivity index (χ2n) is 8.74. The lowest BCUT2D eigenvalue weighted by atomic mass is 9.98. The quantitative estimate of drug-likeness (QED) is 0.438. The van der Waals surface area contributed by atoms with Gasteiger partial charge in [-0.1, -0.05) is 18.9 Å². The van der Waals surface area contributed by atoms with E-state index < -0.39 is 23.9 Å². The molecule has 4 N–H and O–H groups in total. The molecule has 3 amide bonds. The Hall–Kier alpha value is -3.54. The highest BCUT2D eigenvalue weighted by molar-refractivity contribution is 6.01. The predicted octanol–water partition coefficient (Wildman–Crippen LogP) is 2.00. The third-order valence-electron chi connectivity index (χ3n) is 6.21. The Kier molecular flexibility index (Phi) is 6.82. The first-order valence-corrected chi connectivity index (χ1v) is 11.5. The monoisotopic (exact) mass is 451 g/mol. The summed E-state index contributed by atoms with van der Waals surface area (Å²) in [4.78, 5) is 40.9. The average Bonchev–Trinajstić information content (AvgIpc) is 3.35. The number of nitrogens with zero attached hydrogens (tertiary/aromatic N) is 1. The Morgan fingerprint density at radius 1 is 1.24 bits per heavy atom. The number of amides is 3. The van der Waals surface area contributed by atoms with Gasteiger partial charge < -0.3 is 25.7 Å². The largest absolute Gasteiger partial charge is 0.493 e. The van der Waals surface area contributed by atoms with Crippen molar-refractivity contribution >= 4 is 28.6 Å². The fraction of sp³-hybridized carbons (Fsp3) is 0.500. The lowest BCUT2D eigenvalue weighted by Crippen LogP contribution is -2.50. The lowest BCUT2D eigenvalue weighted by Gasteiger charge is -2.21. The van der Waals surface area contributed by atoms with Crippen molar-refractivity contribution in [3.63, 3.8) is 0 Å². The molecule has 2 heterocycles. The molecule has 1 aromatic heterocycles. The molecule has 1 saturated carbocycles. The summed E-state index contributed by atoms with van der Waals surface area (Å²) in [6.07, 6.45) is 3.48. The number of H-pyrrole nitrogens is 1. The Labute approximate surface area is 192 Å². The van der Waals surface area contributed by atoms with Crippen LogP contribution in [0.25, 0.3) is 10.9 Å². The second-order valence-corrected chi connectivity index (χ2v) is 8.74. The summed E-state index contributed by atoms with van der Waals surface area (Å²) >= 11 is 0. The van der Waals surface area contributed by atoms with Crippen LogP contribution >= 0.6 is 0 Å². The van der Waals surface area contributed by atoms with Crippen LogP contribution in [0, 0.1) is 23.2 Å². The van der Waals surface area contributed by atoms with Crippen LogP contribution in [0.5, 0.6) is 5.75 Å². The van der Waals surface area contributed by atoms with Gasteiger partial charge in [0.15, 0.2) is 0 Å². The smallest absolute Gasteiger partial charge is 0.268 e. The van der Waals surface area contributed by atoms with Gasteiger partial charge in [-0.3, -0.25) is 14.4 Å². The van der Waals surface area contributed by atoms with Crippen molar-refractivity contribution in [2.75, 3.05) is 13.2 Å². The number of rotatable bonds is 10. The third kappa shape index (κ3) is 5.45. The first-order chi connectivity index (χ1) is 16.0. The molecule has 3 atom stereocenters. The maximum Gasteiger partial charge on any atom is 0.268 e. The van der Waals surface area contributed by atoms with Gasteiger partial charge in [0.05, 0.1) is 12.7 Å². The van der Waals surface area contributed by atoms with Crippen LogP contribution in [0.4, 0.5) is 0 Å². The van der Waals surface area contributed by atoms with Crippen LogP contribution < -0.4 is 20.7 Å². The minimum Gasteiger partial charge on any atom is -0.493 e. The zero-order valence-electron chi connectivity index (χ0n) is 18.6. The fourth-order valence-electron chi connectivity index (χ4n) is 4.26. The van der Waals surface area contributed by atoms with E-state index in [9.17, 15) is 19.6 Å². The number of carbonyl (C=O) groups is 3. The molecule has 1 aromatic carbocycles.